The Morgan fingerprint density at radius 2 is 0.462 bits per heavy atom. The second-order valence-corrected chi connectivity index (χ2v) is 4.25. The first-order valence-electron chi connectivity index (χ1n) is 2.74. The number of phosphoric acid groups is 3. The van der Waals surface area contributed by atoms with Crippen LogP contribution < -0.4 is 162 Å². The van der Waals surface area contributed by atoms with E-state index in [0.717, 1.165) is 0 Å². The van der Waals surface area contributed by atoms with Gasteiger partial charge < -0.3 is 73.1 Å². The monoisotopic (exact) mass is 607 g/mol. The predicted octanol–water partition coefficient (Wildman–Crippen LogP) is -20.7. The molecule has 0 amide bonds. The van der Waals surface area contributed by atoms with Gasteiger partial charge in [0.2, 0.25) is 0 Å². The van der Waals surface area contributed by atoms with Crippen molar-refractivity contribution in [3.63, 3.8) is 0 Å². The molecule has 138 valence electrons. The largest absolute Gasteiger partial charge is 2.00 e. The molecule has 0 atom stereocenters. The van der Waals surface area contributed by atoms with Crippen LogP contribution in [-0.2, 0) is 64.9 Å². The van der Waals surface area contributed by atoms with Crippen molar-refractivity contribution in [3.8, 4) is 0 Å². The molecule has 0 saturated carbocycles. The van der Waals surface area contributed by atoms with Crippen molar-refractivity contribution in [2.75, 3.05) is 0 Å². The minimum Gasteiger partial charge on any atom is -0.822 e. The molecule has 0 aromatic heterocycles. The van der Waals surface area contributed by atoms with Crippen molar-refractivity contribution in [1.82, 2.24) is 0 Å². The molecule has 0 aromatic carbocycles. The van der Waals surface area contributed by atoms with Gasteiger partial charge in [0.1, 0.15) is 0 Å². The minimum absolute atomic E-state index is 0. The Balaban J connectivity index is -0.0000000118. The van der Waals surface area contributed by atoms with E-state index in [1.807, 2.05) is 0 Å². The Bertz CT molecular complexity index is 302. The third-order valence-electron chi connectivity index (χ3n) is 0. The maximum absolute atomic E-state index is 8.55. The fraction of sp³-hybridized carbons (Fsp3) is 0. The molecule has 0 bridgehead atoms. The average molecular weight is 606 g/mol. The van der Waals surface area contributed by atoms with Crippen molar-refractivity contribution in [2.45, 2.75) is 0 Å². The molecule has 0 radical (unpaired) electrons. The molecule has 0 aliphatic heterocycles. The summed E-state index contributed by atoms with van der Waals surface area (Å²) in [4.78, 5) is 85.2. The zero-order valence-electron chi connectivity index (χ0n) is 13.0. The van der Waals surface area contributed by atoms with E-state index in [9.17, 15) is 0 Å². The van der Waals surface area contributed by atoms with E-state index in [1.54, 1.807) is 0 Å². The van der Waals surface area contributed by atoms with Crippen LogP contribution in [0.15, 0.2) is 0 Å². The van der Waals surface area contributed by atoms with Crippen LogP contribution in [0.25, 0.3) is 0 Å². The molecule has 0 unspecified atom stereocenters. The van der Waals surface area contributed by atoms with Crippen LogP contribution in [0.4, 0.5) is 0 Å². The first kappa shape index (κ1) is 69.7. The van der Waals surface area contributed by atoms with Gasteiger partial charge in [-0.1, -0.05) is 0 Å². The van der Waals surface area contributed by atoms with E-state index in [-0.39, 0.29) is 169 Å². The summed E-state index contributed by atoms with van der Waals surface area (Å²) in [6, 6.07) is 0. The molecule has 0 saturated heterocycles. The molecule has 0 aliphatic rings. The van der Waals surface area contributed by atoms with Crippen molar-refractivity contribution < 1.29 is 232 Å². The minimum atomic E-state index is -5.39. The second-order valence-electron chi connectivity index (χ2n) is 1.57. The fourth-order valence-corrected chi connectivity index (χ4v) is 0. The van der Waals surface area contributed by atoms with Gasteiger partial charge in [0.05, 0.1) is 5.09 Å². The summed E-state index contributed by atoms with van der Waals surface area (Å²) in [7, 11) is -16.2. The van der Waals surface area contributed by atoms with Gasteiger partial charge in [-0.2, -0.15) is 23.5 Å². The Kier molecular flexibility index (Phi) is 100. The van der Waals surface area contributed by atoms with Gasteiger partial charge in [-0.25, -0.2) is 0 Å². The molecule has 16 nitrogen and oxygen atoms in total. The first-order valence-corrected chi connectivity index (χ1v) is 7.12. The van der Waals surface area contributed by atoms with Crippen molar-refractivity contribution >= 4 is 23.5 Å². The normalized spacial score (nSPS) is 7.73. The molecule has 0 fully saturated rings. The van der Waals surface area contributed by atoms with Gasteiger partial charge >= 0.3 is 169 Å². The SMILES string of the molecule is O=P([O-])([O-])[O-].O=P([O-])([O-])[O-].O=P([O-])([O-])[O-].O=[N+]([O-])[O-].[Fe+2].[Fe+2].[Fe+2].[Na+].[Na+].[Na+].[Na+]. The predicted molar refractivity (Wildman–Crippen MR) is 33.2 cm³/mol. The molecule has 0 aliphatic carbocycles. The fourth-order valence-electron chi connectivity index (χ4n) is 0. The molecule has 26 heavy (non-hydrogen) atoms. The van der Waals surface area contributed by atoms with E-state index in [2.05, 4.69) is 0 Å². The topological polar surface area (TPSA) is 325 Å². The molecule has 26 heteroatoms. The van der Waals surface area contributed by atoms with E-state index in [1.165, 1.54) is 0 Å². The van der Waals surface area contributed by atoms with E-state index in [4.69, 9.17) is 73.1 Å². The third-order valence-corrected chi connectivity index (χ3v) is 0. The summed E-state index contributed by atoms with van der Waals surface area (Å²) in [5, 5.41) is 14.8. The standard InChI is InChI=1S/3Fe.NO3.4Na.3H3O4P/c;;;2-1(3)4;;;;;3*1-5(2,3)4/h;;;;;;;;3*(H3,1,2,3,4)/q3*+2;-1;4*+1;;;/p-9. The Hall–Kier alpha value is 5.09. The van der Waals surface area contributed by atoms with Crippen LogP contribution in [0.2, 0.25) is 0 Å². The third kappa shape index (κ3) is 886. The van der Waals surface area contributed by atoms with Crippen molar-refractivity contribution in [1.29, 1.82) is 0 Å². The summed E-state index contributed by atoms with van der Waals surface area (Å²) in [5.74, 6) is 0. The second kappa shape index (κ2) is 37.4. The number of nitrogens with zero attached hydrogens (tertiary/aromatic N) is 1. The number of rotatable bonds is 0. The molecule has 0 rings (SSSR count). The Morgan fingerprint density at radius 1 is 0.462 bits per heavy atom. The molecular weight excluding hydrogens is 606 g/mol. The zero-order valence-corrected chi connectivity index (χ0v) is 27.0. The van der Waals surface area contributed by atoms with Crippen LogP contribution in [-0.4, -0.2) is 5.09 Å². The van der Waals surface area contributed by atoms with E-state index < -0.39 is 28.6 Å². The van der Waals surface area contributed by atoms with E-state index in [0.29, 0.717) is 0 Å². The van der Waals surface area contributed by atoms with E-state index >= 15 is 0 Å². The van der Waals surface area contributed by atoms with Crippen LogP contribution >= 0.6 is 23.5 Å². The van der Waals surface area contributed by atoms with Gasteiger partial charge in [-0.15, -0.1) is 0 Å². The molecular formula is Fe3NNa4O15P3. The molecule has 0 heterocycles. The first-order chi connectivity index (χ1) is 7.73. The summed E-state index contributed by atoms with van der Waals surface area (Å²) >= 11 is 0. The summed E-state index contributed by atoms with van der Waals surface area (Å²) in [6.45, 7) is 0. The van der Waals surface area contributed by atoms with Gasteiger partial charge in [-0.3, -0.25) is 0 Å². The maximum atomic E-state index is 8.55. The Labute approximate surface area is 266 Å². The van der Waals surface area contributed by atoms with Gasteiger partial charge in [-0.05, 0) is 0 Å². The molecule has 0 aromatic rings. The van der Waals surface area contributed by atoms with Crippen LogP contribution in [0, 0.1) is 15.3 Å². The van der Waals surface area contributed by atoms with Gasteiger partial charge in [0, 0.05) is 0 Å². The summed E-state index contributed by atoms with van der Waals surface area (Å²) < 4.78 is 25.6. The molecule has 0 N–H and O–H groups in total. The smallest absolute Gasteiger partial charge is 0.822 e. The summed E-state index contributed by atoms with van der Waals surface area (Å²) in [5.41, 5.74) is 0. The van der Waals surface area contributed by atoms with Crippen LogP contribution in [0.3, 0.4) is 0 Å². The van der Waals surface area contributed by atoms with Crippen LogP contribution in [0.5, 0.6) is 0 Å². The number of hydrogen-bond donors (Lipinski definition) is 0. The van der Waals surface area contributed by atoms with Gasteiger partial charge in [0.25, 0.3) is 0 Å². The maximum Gasteiger partial charge on any atom is 2.00 e. The average Bonchev–Trinajstić information content (AvgIpc) is 1.66. The zero-order chi connectivity index (χ0) is 17.1. The van der Waals surface area contributed by atoms with Crippen molar-refractivity contribution in [2.24, 2.45) is 0 Å². The summed E-state index contributed by atoms with van der Waals surface area (Å²) in [6.07, 6.45) is 0. The quantitative estimate of drug-likeness (QED) is 0.107. The van der Waals surface area contributed by atoms with Crippen molar-refractivity contribution in [3.05, 3.63) is 15.3 Å². The molecule has 0 spiro atoms. The van der Waals surface area contributed by atoms with Crippen LogP contribution in [0.1, 0.15) is 0 Å². The number of hydrogen-bond acceptors (Lipinski definition) is 15. The Morgan fingerprint density at radius 3 is 0.462 bits per heavy atom. The van der Waals surface area contributed by atoms with Gasteiger partial charge in [0.15, 0.2) is 0 Å².